The SMILES string of the molecule is CC(C)(CNC(=O)Cl)c1ccccc1F. The van der Waals surface area contributed by atoms with Crippen molar-refractivity contribution in [2.45, 2.75) is 19.3 Å². The average Bonchev–Trinajstić information content (AvgIpc) is 2.15. The van der Waals surface area contributed by atoms with Crippen molar-refractivity contribution in [3.05, 3.63) is 35.6 Å². The van der Waals surface area contributed by atoms with Crippen LogP contribution in [0.4, 0.5) is 9.18 Å². The predicted octanol–water partition coefficient (Wildman–Crippen LogP) is 3.05. The molecule has 1 rings (SSSR count). The van der Waals surface area contributed by atoms with Crippen LogP contribution in [0, 0.1) is 5.82 Å². The molecule has 0 aliphatic rings. The second kappa shape index (κ2) is 4.62. The van der Waals surface area contributed by atoms with Crippen LogP contribution in [0.15, 0.2) is 24.3 Å². The lowest BCUT2D eigenvalue weighted by Crippen LogP contribution is -2.34. The minimum Gasteiger partial charge on any atom is -0.342 e. The van der Waals surface area contributed by atoms with Gasteiger partial charge in [0.25, 0.3) is 0 Å². The molecule has 0 aliphatic carbocycles. The maximum atomic E-state index is 13.5. The molecule has 1 amide bonds. The fourth-order valence-electron chi connectivity index (χ4n) is 1.40. The van der Waals surface area contributed by atoms with Crippen molar-refractivity contribution in [3.63, 3.8) is 0 Å². The van der Waals surface area contributed by atoms with Gasteiger partial charge in [-0.2, -0.15) is 0 Å². The van der Waals surface area contributed by atoms with Gasteiger partial charge in [0.05, 0.1) is 0 Å². The van der Waals surface area contributed by atoms with Crippen molar-refractivity contribution >= 4 is 17.0 Å². The van der Waals surface area contributed by atoms with Gasteiger partial charge in [-0.3, -0.25) is 4.79 Å². The van der Waals surface area contributed by atoms with E-state index in [0.29, 0.717) is 12.1 Å². The van der Waals surface area contributed by atoms with E-state index in [2.05, 4.69) is 5.32 Å². The Morgan fingerprint density at radius 1 is 1.47 bits per heavy atom. The number of hydrogen-bond acceptors (Lipinski definition) is 1. The molecule has 1 N–H and O–H groups in total. The molecule has 0 aromatic heterocycles. The Bertz CT molecular complexity index is 365. The molecule has 1 aromatic rings. The summed E-state index contributed by atoms with van der Waals surface area (Å²) in [6, 6.07) is 6.51. The summed E-state index contributed by atoms with van der Waals surface area (Å²) < 4.78 is 13.5. The topological polar surface area (TPSA) is 29.1 Å². The first-order valence-electron chi connectivity index (χ1n) is 4.62. The maximum Gasteiger partial charge on any atom is 0.313 e. The molecule has 1 aromatic carbocycles. The Balaban J connectivity index is 2.85. The van der Waals surface area contributed by atoms with Crippen LogP contribution < -0.4 is 5.32 Å². The number of halogens is 2. The summed E-state index contributed by atoms with van der Waals surface area (Å²) >= 11 is 5.17. The molecule has 0 unspecified atom stereocenters. The van der Waals surface area contributed by atoms with Gasteiger partial charge in [0.1, 0.15) is 5.82 Å². The summed E-state index contributed by atoms with van der Waals surface area (Å²) in [5, 5.41) is 1.85. The van der Waals surface area contributed by atoms with Crippen molar-refractivity contribution < 1.29 is 9.18 Å². The Hall–Kier alpha value is -1.09. The van der Waals surface area contributed by atoms with E-state index in [4.69, 9.17) is 11.6 Å². The van der Waals surface area contributed by atoms with Gasteiger partial charge < -0.3 is 5.32 Å². The van der Waals surface area contributed by atoms with Crippen LogP contribution in [0.1, 0.15) is 19.4 Å². The van der Waals surface area contributed by atoms with Crippen molar-refractivity contribution in [3.8, 4) is 0 Å². The van der Waals surface area contributed by atoms with Gasteiger partial charge in [-0.05, 0) is 23.2 Å². The smallest absolute Gasteiger partial charge is 0.313 e. The third-order valence-corrected chi connectivity index (χ3v) is 2.41. The third-order valence-electron chi connectivity index (χ3n) is 2.27. The van der Waals surface area contributed by atoms with E-state index in [1.165, 1.54) is 6.07 Å². The first-order chi connectivity index (χ1) is 6.93. The number of amides is 1. The average molecular weight is 230 g/mol. The number of carbonyl (C=O) groups is 1. The number of benzene rings is 1. The highest BCUT2D eigenvalue weighted by Gasteiger charge is 2.24. The lowest BCUT2D eigenvalue weighted by Gasteiger charge is -2.25. The number of nitrogens with one attached hydrogen (secondary N) is 1. The van der Waals surface area contributed by atoms with Crippen molar-refractivity contribution in [1.82, 2.24) is 5.32 Å². The molecule has 0 spiro atoms. The summed E-state index contributed by atoms with van der Waals surface area (Å²) in [6.07, 6.45) is 0. The first kappa shape index (κ1) is 12.0. The molecule has 0 aliphatic heterocycles. The van der Waals surface area contributed by atoms with Crippen molar-refractivity contribution in [2.24, 2.45) is 0 Å². The predicted molar refractivity (Wildman–Crippen MR) is 58.7 cm³/mol. The summed E-state index contributed by atoms with van der Waals surface area (Å²) in [7, 11) is 0. The van der Waals surface area contributed by atoms with Gasteiger partial charge >= 0.3 is 5.37 Å². The lowest BCUT2D eigenvalue weighted by molar-refractivity contribution is 0.257. The molecule has 0 saturated heterocycles. The summed E-state index contributed by atoms with van der Waals surface area (Å²) in [5.41, 5.74) is 0.0889. The Morgan fingerprint density at radius 2 is 2.07 bits per heavy atom. The zero-order chi connectivity index (χ0) is 11.5. The molecule has 0 saturated carbocycles. The molecule has 0 fully saturated rings. The van der Waals surface area contributed by atoms with E-state index in [-0.39, 0.29) is 5.82 Å². The summed E-state index contributed by atoms with van der Waals surface area (Å²) in [4.78, 5) is 10.6. The minimum atomic E-state index is -0.626. The van der Waals surface area contributed by atoms with Crippen LogP contribution in [0.3, 0.4) is 0 Å². The Labute approximate surface area is 93.4 Å². The highest BCUT2D eigenvalue weighted by atomic mass is 35.5. The second-order valence-corrected chi connectivity index (χ2v) is 4.33. The molecule has 0 bridgehead atoms. The standard InChI is InChI=1S/C11H13ClFNO/c1-11(2,7-14-10(12)15)8-5-3-4-6-9(8)13/h3-6H,7H2,1-2H3,(H,14,15). The number of hydrogen-bond donors (Lipinski definition) is 1. The number of rotatable bonds is 3. The fraction of sp³-hybridized carbons (Fsp3) is 0.364. The van der Waals surface area contributed by atoms with E-state index in [9.17, 15) is 9.18 Å². The van der Waals surface area contributed by atoms with Gasteiger partial charge in [-0.25, -0.2) is 4.39 Å². The van der Waals surface area contributed by atoms with Gasteiger partial charge in [0.15, 0.2) is 0 Å². The zero-order valence-electron chi connectivity index (χ0n) is 8.68. The largest absolute Gasteiger partial charge is 0.342 e. The van der Waals surface area contributed by atoms with E-state index in [1.807, 2.05) is 13.8 Å². The second-order valence-electron chi connectivity index (χ2n) is 3.99. The minimum absolute atomic E-state index is 0.272. The summed E-state index contributed by atoms with van der Waals surface area (Å²) in [5.74, 6) is -0.272. The Morgan fingerprint density at radius 3 is 2.60 bits per heavy atom. The zero-order valence-corrected chi connectivity index (χ0v) is 9.44. The van der Waals surface area contributed by atoms with E-state index < -0.39 is 10.8 Å². The Kier molecular flexibility index (Phi) is 3.69. The molecule has 0 heterocycles. The van der Waals surface area contributed by atoms with Gasteiger partial charge in [-0.1, -0.05) is 32.0 Å². The molecule has 15 heavy (non-hydrogen) atoms. The summed E-state index contributed by atoms with van der Waals surface area (Å²) in [6.45, 7) is 3.99. The van der Waals surface area contributed by atoms with E-state index >= 15 is 0 Å². The molecule has 2 nitrogen and oxygen atoms in total. The maximum absolute atomic E-state index is 13.5. The quantitative estimate of drug-likeness (QED) is 0.627. The van der Waals surface area contributed by atoms with Crippen molar-refractivity contribution in [1.29, 1.82) is 0 Å². The highest BCUT2D eigenvalue weighted by Crippen LogP contribution is 2.24. The lowest BCUT2D eigenvalue weighted by atomic mass is 9.84. The molecular formula is C11H13ClFNO. The van der Waals surface area contributed by atoms with Gasteiger partial charge in [0, 0.05) is 12.0 Å². The van der Waals surface area contributed by atoms with Gasteiger partial charge in [-0.15, -0.1) is 0 Å². The van der Waals surface area contributed by atoms with Crippen LogP contribution in [0.25, 0.3) is 0 Å². The first-order valence-corrected chi connectivity index (χ1v) is 4.99. The van der Waals surface area contributed by atoms with Gasteiger partial charge in [0.2, 0.25) is 0 Å². The van der Waals surface area contributed by atoms with E-state index in [1.54, 1.807) is 18.2 Å². The third kappa shape index (κ3) is 3.20. The molecular weight excluding hydrogens is 217 g/mol. The normalized spacial score (nSPS) is 11.2. The van der Waals surface area contributed by atoms with Crippen LogP contribution in [0.2, 0.25) is 0 Å². The molecule has 82 valence electrons. The van der Waals surface area contributed by atoms with Crippen LogP contribution in [-0.4, -0.2) is 11.9 Å². The fourth-order valence-corrected chi connectivity index (χ4v) is 1.46. The van der Waals surface area contributed by atoms with E-state index in [0.717, 1.165) is 0 Å². The van der Waals surface area contributed by atoms with Crippen molar-refractivity contribution in [2.75, 3.05) is 6.54 Å². The monoisotopic (exact) mass is 229 g/mol. The molecule has 4 heteroatoms. The molecule has 0 atom stereocenters. The number of carbonyl (C=O) groups excluding carboxylic acids is 1. The van der Waals surface area contributed by atoms with Crippen LogP contribution in [-0.2, 0) is 5.41 Å². The molecule has 0 radical (unpaired) electrons. The van der Waals surface area contributed by atoms with Crippen LogP contribution >= 0.6 is 11.6 Å². The van der Waals surface area contributed by atoms with Crippen LogP contribution in [0.5, 0.6) is 0 Å². The highest BCUT2D eigenvalue weighted by molar-refractivity contribution is 6.62.